The fraction of sp³-hybridized carbons (Fsp3) is 0.364. The quantitative estimate of drug-likeness (QED) is 0.809. The van der Waals surface area contributed by atoms with Crippen molar-refractivity contribution in [1.29, 1.82) is 0 Å². The third kappa shape index (κ3) is 3.61. The molecule has 3 nitrogen and oxygen atoms in total. The Kier molecular flexibility index (Phi) is 4.22. The molecule has 92 valence electrons. The zero-order valence-corrected chi connectivity index (χ0v) is 9.84. The maximum atomic E-state index is 11.8. The summed E-state index contributed by atoms with van der Waals surface area (Å²) in [6, 6.07) is 7.81. The van der Waals surface area contributed by atoms with Crippen LogP contribution in [0.15, 0.2) is 24.3 Å². The van der Waals surface area contributed by atoms with E-state index in [9.17, 15) is 8.78 Å². The fourth-order valence-corrected chi connectivity index (χ4v) is 2.24. The van der Waals surface area contributed by atoms with Gasteiger partial charge in [-0.3, -0.25) is 0 Å². The van der Waals surface area contributed by atoms with Crippen molar-refractivity contribution in [2.75, 3.05) is 25.1 Å². The van der Waals surface area contributed by atoms with Gasteiger partial charge in [-0.25, -0.2) is 13.8 Å². The summed E-state index contributed by atoms with van der Waals surface area (Å²) in [6.45, 7) is 0.217. The van der Waals surface area contributed by atoms with Crippen molar-refractivity contribution in [3.05, 3.63) is 24.3 Å². The monoisotopic (exact) mass is 258 g/mol. The molecule has 1 N–H and O–H groups in total. The molecule has 0 amide bonds. The van der Waals surface area contributed by atoms with Gasteiger partial charge in [0.15, 0.2) is 5.13 Å². The Morgan fingerprint density at radius 1 is 1.35 bits per heavy atom. The van der Waals surface area contributed by atoms with Crippen molar-refractivity contribution in [2.45, 2.75) is 6.43 Å². The number of hydrogen-bond donors (Lipinski definition) is 1. The standard InChI is InChI=1S/C11H12F2N2OS/c12-10(13)7-16-6-5-14-11-15-8-3-1-2-4-9(8)17-11/h1-4,10H,5-7H2,(H,14,15). The van der Waals surface area contributed by atoms with Crippen molar-refractivity contribution in [2.24, 2.45) is 0 Å². The van der Waals surface area contributed by atoms with Crippen LogP contribution in [0.1, 0.15) is 0 Å². The SMILES string of the molecule is FC(F)COCCNc1nc2ccccc2s1. The molecule has 0 atom stereocenters. The molecule has 0 saturated carbocycles. The summed E-state index contributed by atoms with van der Waals surface area (Å²) in [5, 5.41) is 3.83. The molecule has 2 rings (SSSR count). The van der Waals surface area contributed by atoms with Crippen LogP contribution in [0.5, 0.6) is 0 Å². The summed E-state index contributed by atoms with van der Waals surface area (Å²) in [6.07, 6.45) is -2.41. The number of fused-ring (bicyclic) bond motifs is 1. The van der Waals surface area contributed by atoms with Gasteiger partial charge in [0.1, 0.15) is 6.61 Å². The second-order valence-electron chi connectivity index (χ2n) is 3.38. The molecular formula is C11H12F2N2OS. The molecule has 17 heavy (non-hydrogen) atoms. The summed E-state index contributed by atoms with van der Waals surface area (Å²) >= 11 is 1.54. The second-order valence-corrected chi connectivity index (χ2v) is 4.41. The molecule has 0 bridgehead atoms. The van der Waals surface area contributed by atoms with Gasteiger partial charge in [-0.05, 0) is 12.1 Å². The molecule has 0 saturated heterocycles. The molecule has 0 aliphatic heterocycles. The van der Waals surface area contributed by atoms with E-state index in [1.54, 1.807) is 0 Å². The van der Waals surface area contributed by atoms with Crippen LogP contribution in [0.3, 0.4) is 0 Å². The van der Waals surface area contributed by atoms with E-state index >= 15 is 0 Å². The lowest BCUT2D eigenvalue weighted by atomic mass is 10.3. The molecule has 1 heterocycles. The maximum Gasteiger partial charge on any atom is 0.261 e. The number of para-hydroxylation sites is 1. The van der Waals surface area contributed by atoms with Crippen molar-refractivity contribution < 1.29 is 13.5 Å². The number of nitrogens with one attached hydrogen (secondary N) is 1. The van der Waals surface area contributed by atoms with Crippen molar-refractivity contribution in [1.82, 2.24) is 4.98 Å². The number of hydrogen-bond acceptors (Lipinski definition) is 4. The molecule has 6 heteroatoms. The van der Waals surface area contributed by atoms with E-state index in [4.69, 9.17) is 4.74 Å². The third-order valence-electron chi connectivity index (χ3n) is 2.06. The first-order chi connectivity index (χ1) is 8.25. The lowest BCUT2D eigenvalue weighted by Gasteiger charge is -2.03. The van der Waals surface area contributed by atoms with E-state index < -0.39 is 13.0 Å². The highest BCUT2D eigenvalue weighted by atomic mass is 32.1. The van der Waals surface area contributed by atoms with Gasteiger partial charge >= 0.3 is 0 Å². The fourth-order valence-electron chi connectivity index (χ4n) is 1.35. The molecular weight excluding hydrogens is 246 g/mol. The normalized spacial score (nSPS) is 11.2. The Hall–Kier alpha value is -1.27. The molecule has 0 aliphatic carbocycles. The molecule has 1 aromatic carbocycles. The molecule has 0 radical (unpaired) electrons. The Labute approximate surface area is 101 Å². The zero-order valence-electron chi connectivity index (χ0n) is 9.03. The van der Waals surface area contributed by atoms with E-state index in [0.29, 0.717) is 6.54 Å². The van der Waals surface area contributed by atoms with Crippen LogP contribution in [0.25, 0.3) is 10.2 Å². The maximum absolute atomic E-state index is 11.8. The predicted octanol–water partition coefficient (Wildman–Crippen LogP) is 2.99. The van der Waals surface area contributed by atoms with Gasteiger partial charge in [-0.15, -0.1) is 0 Å². The van der Waals surface area contributed by atoms with Crippen LogP contribution >= 0.6 is 11.3 Å². The van der Waals surface area contributed by atoms with E-state index in [1.165, 1.54) is 11.3 Å². The first-order valence-corrected chi connectivity index (χ1v) is 6.02. The minimum atomic E-state index is -2.41. The minimum Gasteiger partial charge on any atom is -0.374 e. The Morgan fingerprint density at radius 3 is 2.94 bits per heavy atom. The highest BCUT2D eigenvalue weighted by Crippen LogP contribution is 2.24. The molecule has 2 aromatic rings. The largest absolute Gasteiger partial charge is 0.374 e. The number of thiazole rings is 1. The van der Waals surface area contributed by atoms with Crippen LogP contribution < -0.4 is 5.32 Å². The lowest BCUT2D eigenvalue weighted by molar-refractivity contribution is 0.0215. The van der Waals surface area contributed by atoms with E-state index in [2.05, 4.69) is 10.3 Å². The van der Waals surface area contributed by atoms with Crippen LogP contribution in [-0.2, 0) is 4.74 Å². The summed E-state index contributed by atoms with van der Waals surface area (Å²) in [7, 11) is 0. The molecule has 0 unspecified atom stereocenters. The minimum absolute atomic E-state index is 0.250. The number of rotatable bonds is 6. The van der Waals surface area contributed by atoms with Crippen LogP contribution in [-0.4, -0.2) is 31.2 Å². The number of alkyl halides is 2. The topological polar surface area (TPSA) is 34.1 Å². The highest BCUT2D eigenvalue weighted by Gasteiger charge is 2.03. The van der Waals surface area contributed by atoms with Gasteiger partial charge in [-0.2, -0.15) is 0 Å². The number of nitrogens with zero attached hydrogens (tertiary/aromatic N) is 1. The van der Waals surface area contributed by atoms with Crippen LogP contribution in [0, 0.1) is 0 Å². The number of halogens is 2. The van der Waals surface area contributed by atoms with Gasteiger partial charge in [0.05, 0.1) is 16.8 Å². The second kappa shape index (κ2) is 5.88. The molecule has 0 aliphatic rings. The van der Waals surface area contributed by atoms with Crippen LogP contribution in [0.2, 0.25) is 0 Å². The van der Waals surface area contributed by atoms with Crippen molar-refractivity contribution in [3.63, 3.8) is 0 Å². The summed E-state index contributed by atoms with van der Waals surface area (Å²) in [4.78, 5) is 4.35. The van der Waals surface area contributed by atoms with Crippen LogP contribution in [0.4, 0.5) is 13.9 Å². The summed E-state index contributed by atoms with van der Waals surface area (Å²) in [5.41, 5.74) is 0.938. The number of benzene rings is 1. The molecule has 0 fully saturated rings. The van der Waals surface area contributed by atoms with Gasteiger partial charge in [0.25, 0.3) is 6.43 Å². The third-order valence-corrected chi connectivity index (χ3v) is 3.05. The average molecular weight is 258 g/mol. The number of anilines is 1. The molecule has 0 spiro atoms. The Morgan fingerprint density at radius 2 is 2.18 bits per heavy atom. The average Bonchev–Trinajstić information content (AvgIpc) is 2.70. The Bertz CT molecular complexity index is 442. The zero-order chi connectivity index (χ0) is 12.1. The number of aromatic nitrogens is 1. The van der Waals surface area contributed by atoms with E-state index in [0.717, 1.165) is 15.3 Å². The first-order valence-electron chi connectivity index (χ1n) is 5.21. The predicted molar refractivity (Wildman–Crippen MR) is 64.9 cm³/mol. The summed E-state index contributed by atoms with van der Waals surface area (Å²) < 4.78 is 29.4. The van der Waals surface area contributed by atoms with Gasteiger partial charge in [0.2, 0.25) is 0 Å². The summed E-state index contributed by atoms with van der Waals surface area (Å²) in [5.74, 6) is 0. The van der Waals surface area contributed by atoms with Crippen molar-refractivity contribution >= 4 is 26.7 Å². The first kappa shape index (κ1) is 12.2. The Balaban J connectivity index is 1.79. The van der Waals surface area contributed by atoms with Gasteiger partial charge in [0, 0.05) is 6.54 Å². The van der Waals surface area contributed by atoms with E-state index in [-0.39, 0.29) is 6.61 Å². The lowest BCUT2D eigenvalue weighted by Crippen LogP contribution is -2.12. The number of ether oxygens (including phenoxy) is 1. The molecule has 1 aromatic heterocycles. The smallest absolute Gasteiger partial charge is 0.261 e. The highest BCUT2D eigenvalue weighted by molar-refractivity contribution is 7.22. The van der Waals surface area contributed by atoms with Crippen molar-refractivity contribution in [3.8, 4) is 0 Å². The van der Waals surface area contributed by atoms with Gasteiger partial charge < -0.3 is 10.1 Å². The van der Waals surface area contributed by atoms with Gasteiger partial charge in [-0.1, -0.05) is 23.5 Å². The van der Waals surface area contributed by atoms with E-state index in [1.807, 2.05) is 24.3 Å².